The molecule has 0 amide bonds. The molecule has 0 aliphatic heterocycles. The van der Waals surface area contributed by atoms with Gasteiger partial charge in [0, 0.05) is 0 Å². The monoisotopic (exact) mass is 244 g/mol. The summed E-state index contributed by atoms with van der Waals surface area (Å²) < 4.78 is 0. The minimum Gasteiger partial charge on any atom is -0.211 e. The molecule has 1 unspecified atom stereocenters. The first-order valence-corrected chi connectivity index (χ1v) is 5.70. The highest BCUT2D eigenvalue weighted by Gasteiger charge is 2.18. The zero-order chi connectivity index (χ0) is 13.7. The number of hydrogen-bond donors (Lipinski definition) is 0. The minimum atomic E-state index is -0.456. The Bertz CT molecular complexity index is 525. The van der Waals surface area contributed by atoms with Crippen molar-refractivity contribution < 1.29 is 9.59 Å². The van der Waals surface area contributed by atoms with Crippen molar-refractivity contribution in [3.05, 3.63) is 33.9 Å². The lowest BCUT2D eigenvalue weighted by Crippen LogP contribution is -2.07. The van der Waals surface area contributed by atoms with Gasteiger partial charge in [-0.3, -0.25) is 0 Å². The predicted molar refractivity (Wildman–Crippen MR) is 69.2 cm³/mol. The molecule has 0 fully saturated rings. The van der Waals surface area contributed by atoms with Gasteiger partial charge in [-0.1, -0.05) is 6.07 Å². The number of isocyanates is 2. The van der Waals surface area contributed by atoms with Crippen LogP contribution in [0.2, 0.25) is 0 Å². The molecule has 0 spiro atoms. The molecule has 0 aliphatic carbocycles. The third-order valence-corrected chi connectivity index (χ3v) is 3.29. The molecule has 0 heterocycles. The Labute approximate surface area is 106 Å². The molecule has 4 nitrogen and oxygen atoms in total. The molecule has 0 radical (unpaired) electrons. The van der Waals surface area contributed by atoms with Crippen LogP contribution in [0.1, 0.15) is 33.9 Å². The number of carbonyl (C=O) groups excluding carboxylic acids is 2. The highest BCUT2D eigenvalue weighted by atomic mass is 16.1. The van der Waals surface area contributed by atoms with Gasteiger partial charge in [0.1, 0.15) is 6.04 Å². The maximum absolute atomic E-state index is 10.5. The van der Waals surface area contributed by atoms with Crippen LogP contribution in [0.25, 0.3) is 0 Å². The van der Waals surface area contributed by atoms with Crippen molar-refractivity contribution in [3.63, 3.8) is 0 Å². The van der Waals surface area contributed by atoms with Crippen LogP contribution in [0, 0.1) is 27.7 Å². The highest BCUT2D eigenvalue weighted by molar-refractivity contribution is 5.48. The van der Waals surface area contributed by atoms with Gasteiger partial charge in [-0.25, -0.2) is 14.6 Å². The Balaban J connectivity index is 3.43. The summed E-state index contributed by atoms with van der Waals surface area (Å²) in [5.74, 6) is 0. The van der Waals surface area contributed by atoms with E-state index in [1.54, 1.807) is 6.08 Å². The molecule has 0 saturated heterocycles. The normalized spacial score (nSPS) is 11.3. The van der Waals surface area contributed by atoms with E-state index in [-0.39, 0.29) is 6.54 Å². The summed E-state index contributed by atoms with van der Waals surface area (Å²) in [6.45, 7) is 8.11. The smallest absolute Gasteiger partial charge is 0.211 e. The lowest BCUT2D eigenvalue weighted by atomic mass is 9.90. The topological polar surface area (TPSA) is 58.9 Å². The molecule has 0 aromatic heterocycles. The maximum atomic E-state index is 10.5. The fourth-order valence-electron chi connectivity index (χ4n) is 2.13. The van der Waals surface area contributed by atoms with Gasteiger partial charge in [0.2, 0.25) is 12.2 Å². The van der Waals surface area contributed by atoms with Crippen molar-refractivity contribution in [2.75, 3.05) is 6.54 Å². The van der Waals surface area contributed by atoms with E-state index in [0.717, 1.165) is 27.8 Å². The number of rotatable bonds is 4. The third kappa shape index (κ3) is 2.80. The number of aryl methyl sites for hydroxylation is 2. The summed E-state index contributed by atoms with van der Waals surface area (Å²) in [5, 5.41) is 0. The van der Waals surface area contributed by atoms with E-state index < -0.39 is 6.04 Å². The Morgan fingerprint density at radius 3 is 2.06 bits per heavy atom. The summed E-state index contributed by atoms with van der Waals surface area (Å²) in [6, 6.07) is 1.64. The fourth-order valence-corrected chi connectivity index (χ4v) is 2.13. The lowest BCUT2D eigenvalue weighted by Gasteiger charge is -2.18. The molecule has 1 rings (SSSR count). The molecule has 1 atom stereocenters. The Morgan fingerprint density at radius 1 is 1.06 bits per heavy atom. The van der Waals surface area contributed by atoms with Crippen LogP contribution >= 0.6 is 0 Å². The van der Waals surface area contributed by atoms with Crippen LogP contribution in [-0.4, -0.2) is 18.7 Å². The Morgan fingerprint density at radius 2 is 1.61 bits per heavy atom. The van der Waals surface area contributed by atoms with Crippen molar-refractivity contribution >= 4 is 12.2 Å². The van der Waals surface area contributed by atoms with Crippen LogP contribution in [-0.2, 0) is 9.59 Å². The van der Waals surface area contributed by atoms with Gasteiger partial charge in [0.25, 0.3) is 0 Å². The molecule has 0 saturated carbocycles. The van der Waals surface area contributed by atoms with Gasteiger partial charge in [0.05, 0.1) is 6.54 Å². The van der Waals surface area contributed by atoms with Crippen molar-refractivity contribution in [2.24, 2.45) is 9.98 Å². The molecule has 1 aromatic rings. The quantitative estimate of drug-likeness (QED) is 0.603. The SMILES string of the molecule is Cc1cc(C)c(C)c(C(CN=C=O)N=C=O)c1C. The molecule has 94 valence electrons. The Kier molecular flexibility index (Phi) is 4.73. The number of hydrogen-bond acceptors (Lipinski definition) is 4. The second kappa shape index (κ2) is 6.06. The van der Waals surface area contributed by atoms with Gasteiger partial charge in [0.15, 0.2) is 0 Å². The number of benzene rings is 1. The van der Waals surface area contributed by atoms with E-state index in [4.69, 9.17) is 0 Å². The van der Waals surface area contributed by atoms with Gasteiger partial charge in [-0.15, -0.1) is 0 Å². The van der Waals surface area contributed by atoms with Gasteiger partial charge in [-0.05, 0) is 55.5 Å². The molecule has 0 aliphatic rings. The zero-order valence-corrected chi connectivity index (χ0v) is 11.1. The summed E-state index contributed by atoms with van der Waals surface area (Å²) in [4.78, 5) is 28.0. The summed E-state index contributed by atoms with van der Waals surface area (Å²) in [5.41, 5.74) is 5.37. The van der Waals surface area contributed by atoms with Crippen molar-refractivity contribution in [1.29, 1.82) is 0 Å². The zero-order valence-electron chi connectivity index (χ0n) is 11.1. The molecule has 0 bridgehead atoms. The lowest BCUT2D eigenvalue weighted by molar-refractivity contribution is 0.553. The first-order chi connectivity index (χ1) is 8.52. The van der Waals surface area contributed by atoms with E-state index in [9.17, 15) is 9.59 Å². The van der Waals surface area contributed by atoms with E-state index in [1.807, 2.05) is 27.7 Å². The predicted octanol–water partition coefficient (Wildman–Crippen LogP) is 2.63. The second-order valence-corrected chi connectivity index (χ2v) is 4.34. The van der Waals surface area contributed by atoms with E-state index in [2.05, 4.69) is 16.1 Å². The molecule has 4 heteroatoms. The van der Waals surface area contributed by atoms with Crippen molar-refractivity contribution in [2.45, 2.75) is 33.7 Å². The van der Waals surface area contributed by atoms with Crippen LogP contribution in [0.5, 0.6) is 0 Å². The van der Waals surface area contributed by atoms with Crippen molar-refractivity contribution in [3.8, 4) is 0 Å². The first kappa shape index (κ1) is 14.0. The summed E-state index contributed by atoms with van der Waals surface area (Å²) in [6.07, 6.45) is 3.03. The molecule has 1 aromatic carbocycles. The summed E-state index contributed by atoms with van der Waals surface area (Å²) in [7, 11) is 0. The van der Waals surface area contributed by atoms with Gasteiger partial charge >= 0.3 is 0 Å². The standard InChI is InChI=1S/C14H16N2O2/c1-9-5-10(2)12(4)14(11(9)3)13(16-8-18)6-15-7-17/h5,13H,6H2,1-4H3. The molecule has 18 heavy (non-hydrogen) atoms. The van der Waals surface area contributed by atoms with E-state index in [0.29, 0.717) is 0 Å². The molecular formula is C14H16N2O2. The van der Waals surface area contributed by atoms with Crippen LogP contribution in [0.4, 0.5) is 0 Å². The fraction of sp³-hybridized carbons (Fsp3) is 0.429. The van der Waals surface area contributed by atoms with Crippen LogP contribution in [0.3, 0.4) is 0 Å². The van der Waals surface area contributed by atoms with Gasteiger partial charge < -0.3 is 0 Å². The number of aliphatic imine (C=N–C) groups is 2. The Hall–Kier alpha value is -2.02. The van der Waals surface area contributed by atoms with Crippen molar-refractivity contribution in [1.82, 2.24) is 0 Å². The minimum absolute atomic E-state index is 0.128. The summed E-state index contributed by atoms with van der Waals surface area (Å²) >= 11 is 0. The second-order valence-electron chi connectivity index (χ2n) is 4.34. The average molecular weight is 244 g/mol. The first-order valence-electron chi connectivity index (χ1n) is 5.70. The van der Waals surface area contributed by atoms with E-state index in [1.165, 1.54) is 6.08 Å². The van der Waals surface area contributed by atoms with Crippen LogP contribution < -0.4 is 0 Å². The maximum Gasteiger partial charge on any atom is 0.235 e. The average Bonchev–Trinajstić information content (AvgIpc) is 2.33. The molecule has 0 N–H and O–H groups in total. The highest BCUT2D eigenvalue weighted by Crippen LogP contribution is 2.29. The van der Waals surface area contributed by atoms with Crippen LogP contribution in [0.15, 0.2) is 16.1 Å². The molecular weight excluding hydrogens is 228 g/mol. The van der Waals surface area contributed by atoms with E-state index >= 15 is 0 Å². The largest absolute Gasteiger partial charge is 0.235 e. The third-order valence-electron chi connectivity index (χ3n) is 3.29. The van der Waals surface area contributed by atoms with Gasteiger partial charge in [-0.2, -0.15) is 4.99 Å². The number of nitrogens with zero attached hydrogens (tertiary/aromatic N) is 2.